The second-order valence-electron chi connectivity index (χ2n) is 4.59. The fourth-order valence-electron chi connectivity index (χ4n) is 2.08. The molecule has 118 valence electrons. The predicted octanol–water partition coefficient (Wildman–Crippen LogP) is 2.70. The molecule has 0 spiro atoms. The highest BCUT2D eigenvalue weighted by molar-refractivity contribution is 5.94. The van der Waals surface area contributed by atoms with Crippen LogP contribution >= 0.6 is 12.4 Å². The molecule has 0 unspecified atom stereocenters. The summed E-state index contributed by atoms with van der Waals surface area (Å²) in [5, 5.41) is 3.07. The molecule has 1 aliphatic heterocycles. The summed E-state index contributed by atoms with van der Waals surface area (Å²) in [6.45, 7) is 2.04. The van der Waals surface area contributed by atoms with Crippen LogP contribution < -0.4 is 5.32 Å². The van der Waals surface area contributed by atoms with Crippen LogP contribution in [0.1, 0.15) is 22.3 Å². The summed E-state index contributed by atoms with van der Waals surface area (Å²) >= 11 is 0. The topological polar surface area (TPSA) is 32.3 Å². The Morgan fingerprint density at radius 3 is 2.57 bits per heavy atom. The van der Waals surface area contributed by atoms with E-state index in [0.717, 1.165) is 6.54 Å². The molecule has 1 aromatic rings. The summed E-state index contributed by atoms with van der Waals surface area (Å²) in [6, 6.07) is 1.90. The lowest BCUT2D eigenvalue weighted by atomic mass is 10.1. The lowest BCUT2D eigenvalue weighted by molar-refractivity contribution is -0.137. The van der Waals surface area contributed by atoms with E-state index in [2.05, 4.69) is 5.32 Å². The highest BCUT2D eigenvalue weighted by Gasteiger charge is 2.32. The van der Waals surface area contributed by atoms with Gasteiger partial charge >= 0.3 is 6.18 Å². The smallest absolute Gasteiger partial charge is 0.337 e. The maximum Gasteiger partial charge on any atom is 0.416 e. The molecule has 1 fully saturated rings. The van der Waals surface area contributed by atoms with E-state index >= 15 is 0 Å². The van der Waals surface area contributed by atoms with Gasteiger partial charge in [-0.15, -0.1) is 12.4 Å². The molecule has 2 rings (SSSR count). The number of carbonyl (C=O) groups is 1. The minimum atomic E-state index is -4.59. The molecule has 0 atom stereocenters. The Bertz CT molecular complexity index is 499. The van der Waals surface area contributed by atoms with Crippen molar-refractivity contribution < 1.29 is 22.4 Å². The molecule has 1 saturated heterocycles. The first kappa shape index (κ1) is 17.7. The number of amides is 1. The van der Waals surface area contributed by atoms with E-state index < -0.39 is 29.0 Å². The van der Waals surface area contributed by atoms with Crippen LogP contribution in [0.4, 0.5) is 17.6 Å². The minimum absolute atomic E-state index is 0. The normalized spacial score (nSPS) is 16.1. The van der Waals surface area contributed by atoms with Crippen molar-refractivity contribution in [3.8, 4) is 0 Å². The molecule has 1 amide bonds. The van der Waals surface area contributed by atoms with Crippen molar-refractivity contribution >= 4 is 18.3 Å². The summed E-state index contributed by atoms with van der Waals surface area (Å²) in [4.78, 5) is 13.5. The lowest BCUT2D eigenvalue weighted by Gasteiger charge is -2.20. The first-order chi connectivity index (χ1) is 9.39. The van der Waals surface area contributed by atoms with Gasteiger partial charge in [0, 0.05) is 19.6 Å². The number of carbonyl (C=O) groups excluding carboxylic acids is 1. The van der Waals surface area contributed by atoms with Crippen LogP contribution in [0.25, 0.3) is 0 Å². The molecule has 1 N–H and O–H groups in total. The molecular weight excluding hydrogens is 312 g/mol. The number of hydrogen-bond donors (Lipinski definition) is 1. The second-order valence-corrected chi connectivity index (χ2v) is 4.59. The zero-order valence-electron chi connectivity index (χ0n) is 11.0. The van der Waals surface area contributed by atoms with E-state index in [1.54, 1.807) is 0 Å². The van der Waals surface area contributed by atoms with Gasteiger partial charge in [-0.2, -0.15) is 13.2 Å². The number of alkyl halides is 3. The van der Waals surface area contributed by atoms with Crippen molar-refractivity contribution in [1.82, 2.24) is 10.2 Å². The Hall–Kier alpha value is -1.34. The molecule has 1 heterocycles. The number of rotatable bonds is 1. The van der Waals surface area contributed by atoms with Crippen LogP contribution in [0.2, 0.25) is 0 Å². The third-order valence-corrected chi connectivity index (χ3v) is 3.15. The van der Waals surface area contributed by atoms with Gasteiger partial charge < -0.3 is 10.2 Å². The van der Waals surface area contributed by atoms with Crippen LogP contribution in [0, 0.1) is 5.82 Å². The molecule has 21 heavy (non-hydrogen) atoms. The largest absolute Gasteiger partial charge is 0.416 e. The second kappa shape index (κ2) is 7.09. The van der Waals surface area contributed by atoms with E-state index in [1.807, 2.05) is 0 Å². The highest BCUT2D eigenvalue weighted by atomic mass is 35.5. The van der Waals surface area contributed by atoms with Crippen molar-refractivity contribution in [2.75, 3.05) is 26.2 Å². The van der Waals surface area contributed by atoms with Gasteiger partial charge in [-0.3, -0.25) is 4.79 Å². The van der Waals surface area contributed by atoms with Gasteiger partial charge in [0.1, 0.15) is 5.82 Å². The third-order valence-electron chi connectivity index (χ3n) is 3.15. The average Bonchev–Trinajstić information content (AvgIpc) is 2.66. The highest BCUT2D eigenvalue weighted by Crippen LogP contribution is 2.30. The molecule has 1 aliphatic rings. The molecule has 0 aromatic heterocycles. The summed E-state index contributed by atoms with van der Waals surface area (Å²) in [7, 11) is 0. The molecule has 0 saturated carbocycles. The molecule has 8 heteroatoms. The van der Waals surface area contributed by atoms with Gasteiger partial charge in [0.15, 0.2) is 0 Å². The standard InChI is InChI=1S/C13H14F4N2O.ClH/c14-11-3-2-9(13(15,16)17)8-10(11)12(20)19-6-1-4-18-5-7-19;/h2-3,8,18H,1,4-7H2;1H. The van der Waals surface area contributed by atoms with E-state index in [9.17, 15) is 22.4 Å². The molecular formula is C13H15ClF4N2O. The first-order valence-corrected chi connectivity index (χ1v) is 6.26. The minimum Gasteiger partial charge on any atom is -0.337 e. The van der Waals surface area contributed by atoms with Crippen LogP contribution in [-0.4, -0.2) is 37.0 Å². The van der Waals surface area contributed by atoms with Crippen molar-refractivity contribution in [3.05, 3.63) is 35.1 Å². The predicted molar refractivity (Wildman–Crippen MR) is 72.0 cm³/mol. The van der Waals surface area contributed by atoms with Crippen LogP contribution in [0.3, 0.4) is 0 Å². The van der Waals surface area contributed by atoms with E-state index in [1.165, 1.54) is 4.90 Å². The fourth-order valence-corrected chi connectivity index (χ4v) is 2.08. The van der Waals surface area contributed by atoms with Gasteiger partial charge in [-0.1, -0.05) is 0 Å². The Labute approximate surface area is 125 Å². The van der Waals surface area contributed by atoms with Crippen LogP contribution in [0.15, 0.2) is 18.2 Å². The zero-order valence-corrected chi connectivity index (χ0v) is 11.9. The van der Waals surface area contributed by atoms with Crippen LogP contribution in [0.5, 0.6) is 0 Å². The van der Waals surface area contributed by atoms with Gasteiger partial charge in [0.2, 0.25) is 0 Å². The maximum atomic E-state index is 13.6. The summed E-state index contributed by atoms with van der Waals surface area (Å²) < 4.78 is 51.5. The lowest BCUT2D eigenvalue weighted by Crippen LogP contribution is -2.34. The fraction of sp³-hybridized carbons (Fsp3) is 0.462. The number of nitrogens with one attached hydrogen (secondary N) is 1. The van der Waals surface area contributed by atoms with Gasteiger partial charge in [0.25, 0.3) is 5.91 Å². The van der Waals surface area contributed by atoms with Crippen molar-refractivity contribution in [1.29, 1.82) is 0 Å². The average molecular weight is 327 g/mol. The van der Waals surface area contributed by atoms with E-state index in [4.69, 9.17) is 0 Å². The SMILES string of the molecule is Cl.O=C(c1cc(C(F)(F)F)ccc1F)N1CCCNCC1. The summed E-state index contributed by atoms with van der Waals surface area (Å²) in [5.74, 6) is -1.63. The monoisotopic (exact) mass is 326 g/mol. The molecule has 0 aliphatic carbocycles. The maximum absolute atomic E-state index is 13.6. The molecule has 0 radical (unpaired) electrons. The van der Waals surface area contributed by atoms with Gasteiger partial charge in [-0.05, 0) is 31.2 Å². The third kappa shape index (κ3) is 4.31. The summed E-state index contributed by atoms with van der Waals surface area (Å²) in [5.41, 5.74) is -1.54. The van der Waals surface area contributed by atoms with Crippen LogP contribution in [-0.2, 0) is 6.18 Å². The number of halogens is 5. The summed E-state index contributed by atoms with van der Waals surface area (Å²) in [6.07, 6.45) is -3.91. The number of hydrogen-bond acceptors (Lipinski definition) is 2. The molecule has 0 bridgehead atoms. The van der Waals surface area contributed by atoms with Crippen molar-refractivity contribution in [2.45, 2.75) is 12.6 Å². The van der Waals surface area contributed by atoms with E-state index in [-0.39, 0.29) is 12.4 Å². The molecule has 1 aromatic carbocycles. The number of nitrogens with zero attached hydrogens (tertiary/aromatic N) is 1. The first-order valence-electron chi connectivity index (χ1n) is 6.26. The van der Waals surface area contributed by atoms with Crippen molar-refractivity contribution in [3.63, 3.8) is 0 Å². The van der Waals surface area contributed by atoms with Gasteiger partial charge in [-0.25, -0.2) is 4.39 Å². The van der Waals surface area contributed by atoms with Gasteiger partial charge in [0.05, 0.1) is 11.1 Å². The Balaban J connectivity index is 0.00000220. The molecule has 3 nitrogen and oxygen atoms in total. The Kier molecular flexibility index (Phi) is 5.98. The number of benzene rings is 1. The van der Waals surface area contributed by atoms with Crippen molar-refractivity contribution in [2.24, 2.45) is 0 Å². The Morgan fingerprint density at radius 1 is 1.19 bits per heavy atom. The Morgan fingerprint density at radius 2 is 1.90 bits per heavy atom. The van der Waals surface area contributed by atoms with E-state index in [0.29, 0.717) is 44.3 Å². The zero-order chi connectivity index (χ0) is 14.8. The quantitative estimate of drug-likeness (QED) is 0.805.